The maximum atomic E-state index is 10.9. The summed E-state index contributed by atoms with van der Waals surface area (Å²) in [5, 5.41) is 12.2. The summed E-state index contributed by atoms with van der Waals surface area (Å²) in [6.07, 6.45) is 10.7. The van der Waals surface area contributed by atoms with Crippen LogP contribution in [0.1, 0.15) is 51.0 Å². The number of aromatic nitrogens is 2. The molecule has 110 valence electrons. The second-order valence-corrected chi connectivity index (χ2v) is 5.56. The lowest BCUT2D eigenvalue weighted by Gasteiger charge is -2.12. The number of carboxylic acids is 1. The van der Waals surface area contributed by atoms with Gasteiger partial charge in [-0.3, -0.25) is 4.79 Å². The number of unbranched alkanes of at least 4 members (excludes halogenated alkanes) is 2. The van der Waals surface area contributed by atoms with E-state index in [4.69, 9.17) is 5.11 Å². The summed E-state index contributed by atoms with van der Waals surface area (Å²) in [6, 6.07) is 0.182. The van der Waals surface area contributed by atoms with Gasteiger partial charge in [0.25, 0.3) is 0 Å². The zero-order valence-corrected chi connectivity index (χ0v) is 12.0. The van der Waals surface area contributed by atoms with Crippen LogP contribution in [0.3, 0.4) is 0 Å². The van der Waals surface area contributed by atoms with Crippen LogP contribution in [0, 0.1) is 5.92 Å². The highest BCUT2D eigenvalue weighted by atomic mass is 16.4. The van der Waals surface area contributed by atoms with Crippen molar-refractivity contribution in [3.63, 3.8) is 0 Å². The summed E-state index contributed by atoms with van der Waals surface area (Å²) in [4.78, 5) is 19.6. The Kier molecular flexibility index (Phi) is 5.32. The minimum absolute atomic E-state index is 0.182. The van der Waals surface area contributed by atoms with Crippen molar-refractivity contribution in [1.29, 1.82) is 0 Å². The van der Waals surface area contributed by atoms with E-state index in [0.29, 0.717) is 12.4 Å². The first-order valence-electron chi connectivity index (χ1n) is 7.49. The summed E-state index contributed by atoms with van der Waals surface area (Å²) >= 11 is 0. The molecule has 0 unspecified atom stereocenters. The van der Waals surface area contributed by atoms with Crippen molar-refractivity contribution < 1.29 is 9.90 Å². The van der Waals surface area contributed by atoms with Crippen LogP contribution >= 0.6 is 0 Å². The highest BCUT2D eigenvalue weighted by Crippen LogP contribution is 2.27. The molecule has 1 aromatic rings. The maximum absolute atomic E-state index is 10.9. The molecular formula is C15H23N3O2. The lowest BCUT2D eigenvalue weighted by Crippen LogP contribution is -2.19. The number of rotatable bonds is 7. The number of anilines is 1. The molecule has 2 N–H and O–H groups in total. The Morgan fingerprint density at radius 3 is 2.70 bits per heavy atom. The predicted molar refractivity (Wildman–Crippen MR) is 77.6 cm³/mol. The van der Waals surface area contributed by atoms with Crippen LogP contribution in [0.5, 0.6) is 0 Å². The van der Waals surface area contributed by atoms with Gasteiger partial charge in [0.1, 0.15) is 0 Å². The zero-order valence-electron chi connectivity index (χ0n) is 12.0. The molecule has 0 aromatic carbocycles. The molecule has 0 bridgehead atoms. The third-order valence-electron chi connectivity index (χ3n) is 3.89. The molecule has 0 amide bonds. The van der Waals surface area contributed by atoms with Crippen molar-refractivity contribution in [1.82, 2.24) is 9.97 Å². The van der Waals surface area contributed by atoms with Crippen LogP contribution in [-0.2, 0) is 11.2 Å². The van der Waals surface area contributed by atoms with E-state index >= 15 is 0 Å². The molecule has 20 heavy (non-hydrogen) atoms. The van der Waals surface area contributed by atoms with Crippen molar-refractivity contribution in [2.75, 3.05) is 5.32 Å². The van der Waals surface area contributed by atoms with E-state index in [1.807, 2.05) is 12.4 Å². The molecule has 0 radical (unpaired) electrons. The number of nitrogens with one attached hydrogen (secondary N) is 1. The second-order valence-electron chi connectivity index (χ2n) is 5.56. The quantitative estimate of drug-likeness (QED) is 0.749. The minimum Gasteiger partial charge on any atom is -0.481 e. The van der Waals surface area contributed by atoms with Gasteiger partial charge in [0.15, 0.2) is 0 Å². The van der Waals surface area contributed by atoms with Crippen molar-refractivity contribution >= 4 is 11.9 Å². The van der Waals surface area contributed by atoms with Gasteiger partial charge in [0, 0.05) is 18.4 Å². The summed E-state index contributed by atoms with van der Waals surface area (Å²) in [7, 11) is 0. The van der Waals surface area contributed by atoms with Crippen molar-refractivity contribution in [2.24, 2.45) is 5.92 Å². The van der Waals surface area contributed by atoms with E-state index in [1.165, 1.54) is 24.8 Å². The molecule has 2 atom stereocenters. The van der Waals surface area contributed by atoms with Crippen LogP contribution in [-0.4, -0.2) is 27.1 Å². The SMILES string of the molecule is CCCCCc1cnc(N[C@H]2CC[C@@H](C(=O)O)C2)nc1. The Hall–Kier alpha value is -1.65. The first-order valence-corrected chi connectivity index (χ1v) is 7.49. The van der Waals surface area contributed by atoms with E-state index in [0.717, 1.165) is 19.3 Å². The van der Waals surface area contributed by atoms with E-state index in [9.17, 15) is 4.79 Å². The normalized spacial score (nSPS) is 21.9. The van der Waals surface area contributed by atoms with Gasteiger partial charge in [-0.1, -0.05) is 19.8 Å². The lowest BCUT2D eigenvalue weighted by atomic mass is 10.1. The molecule has 1 aliphatic rings. The first-order chi connectivity index (χ1) is 9.69. The van der Waals surface area contributed by atoms with E-state index in [2.05, 4.69) is 22.2 Å². The molecule has 1 aromatic heterocycles. The third kappa shape index (κ3) is 4.18. The molecule has 1 saturated carbocycles. The number of hydrogen-bond donors (Lipinski definition) is 2. The highest BCUT2D eigenvalue weighted by molar-refractivity contribution is 5.70. The van der Waals surface area contributed by atoms with Gasteiger partial charge in [-0.05, 0) is 37.7 Å². The predicted octanol–water partition coefficient (Wildman–Crippen LogP) is 2.87. The summed E-state index contributed by atoms with van der Waals surface area (Å²) in [5.41, 5.74) is 1.17. The molecule has 2 rings (SSSR count). The number of carboxylic acid groups (broad SMARTS) is 1. The number of aliphatic carboxylic acids is 1. The number of nitrogens with zero attached hydrogens (tertiary/aromatic N) is 2. The summed E-state index contributed by atoms with van der Waals surface area (Å²) in [5.74, 6) is -0.303. The number of carbonyl (C=O) groups is 1. The highest BCUT2D eigenvalue weighted by Gasteiger charge is 2.29. The Morgan fingerprint density at radius 1 is 1.35 bits per heavy atom. The summed E-state index contributed by atoms with van der Waals surface area (Å²) in [6.45, 7) is 2.19. The minimum atomic E-state index is -0.693. The van der Waals surface area contributed by atoms with Gasteiger partial charge in [-0.2, -0.15) is 0 Å². The van der Waals surface area contributed by atoms with Gasteiger partial charge in [-0.15, -0.1) is 0 Å². The van der Waals surface area contributed by atoms with Crippen LogP contribution < -0.4 is 5.32 Å². The van der Waals surface area contributed by atoms with E-state index < -0.39 is 5.97 Å². The molecule has 0 spiro atoms. The van der Waals surface area contributed by atoms with Gasteiger partial charge < -0.3 is 10.4 Å². The topological polar surface area (TPSA) is 75.1 Å². The van der Waals surface area contributed by atoms with Gasteiger partial charge in [-0.25, -0.2) is 9.97 Å². The first kappa shape index (κ1) is 14.8. The van der Waals surface area contributed by atoms with Crippen molar-refractivity contribution in [2.45, 2.75) is 57.9 Å². The lowest BCUT2D eigenvalue weighted by molar-refractivity contribution is -0.141. The fraction of sp³-hybridized carbons (Fsp3) is 0.667. The molecule has 0 aliphatic heterocycles. The van der Waals surface area contributed by atoms with Gasteiger partial charge >= 0.3 is 5.97 Å². The van der Waals surface area contributed by atoms with Crippen LogP contribution in [0.25, 0.3) is 0 Å². The Labute approximate surface area is 119 Å². The van der Waals surface area contributed by atoms with Crippen molar-refractivity contribution in [3.8, 4) is 0 Å². The average molecular weight is 277 g/mol. The van der Waals surface area contributed by atoms with Gasteiger partial charge in [0.05, 0.1) is 5.92 Å². The average Bonchev–Trinajstić information content (AvgIpc) is 2.90. The largest absolute Gasteiger partial charge is 0.481 e. The Balaban J connectivity index is 1.80. The molecule has 1 heterocycles. The van der Waals surface area contributed by atoms with Gasteiger partial charge in [0.2, 0.25) is 5.95 Å². The van der Waals surface area contributed by atoms with Crippen molar-refractivity contribution in [3.05, 3.63) is 18.0 Å². The monoisotopic (exact) mass is 277 g/mol. The summed E-state index contributed by atoms with van der Waals surface area (Å²) < 4.78 is 0. The molecule has 5 heteroatoms. The van der Waals surface area contributed by atoms with E-state index in [-0.39, 0.29) is 12.0 Å². The Morgan fingerprint density at radius 2 is 2.10 bits per heavy atom. The molecule has 0 saturated heterocycles. The molecular weight excluding hydrogens is 254 g/mol. The third-order valence-corrected chi connectivity index (χ3v) is 3.89. The molecule has 5 nitrogen and oxygen atoms in total. The molecule has 1 aliphatic carbocycles. The second kappa shape index (κ2) is 7.22. The standard InChI is InChI=1S/C15H23N3O2/c1-2-3-4-5-11-9-16-15(17-10-11)18-13-7-6-12(8-13)14(19)20/h9-10,12-13H,2-8H2,1H3,(H,19,20)(H,16,17,18)/t12-,13+/m1/s1. The van der Waals surface area contributed by atoms with Crippen LogP contribution in [0.4, 0.5) is 5.95 Å². The number of hydrogen-bond acceptors (Lipinski definition) is 4. The maximum Gasteiger partial charge on any atom is 0.306 e. The molecule has 1 fully saturated rings. The van der Waals surface area contributed by atoms with E-state index in [1.54, 1.807) is 0 Å². The fourth-order valence-corrected chi connectivity index (χ4v) is 2.66. The zero-order chi connectivity index (χ0) is 14.4. The smallest absolute Gasteiger partial charge is 0.306 e. The van der Waals surface area contributed by atoms with Crippen LogP contribution in [0.2, 0.25) is 0 Å². The fourth-order valence-electron chi connectivity index (χ4n) is 2.66. The van der Waals surface area contributed by atoms with Crippen LogP contribution in [0.15, 0.2) is 12.4 Å². The number of aryl methyl sites for hydroxylation is 1. The Bertz CT molecular complexity index is 433.